The smallest absolute Gasteiger partial charge is 0.147 e. The minimum Gasteiger partial charge on any atom is -0.494 e. The quantitative estimate of drug-likeness (QED) is 0.824. The molecular weight excluding hydrogens is 384 g/mol. The molecule has 20 heavy (non-hydrogen) atoms. The summed E-state index contributed by atoms with van der Waals surface area (Å²) in [6, 6.07) is 5.51. The van der Waals surface area contributed by atoms with Crippen LogP contribution in [0.1, 0.15) is 25.3 Å². The second-order valence-electron chi connectivity index (χ2n) is 5.52. The van der Waals surface area contributed by atoms with E-state index in [0.717, 1.165) is 21.2 Å². The lowest BCUT2D eigenvalue weighted by molar-refractivity contribution is 0.168. The average Bonchev–Trinajstić information content (AvgIpc) is 2.40. The second-order valence-corrected chi connectivity index (χ2v) is 7.23. The number of halogens is 2. The number of hydrogen-bond donors (Lipinski definition) is 1. The van der Waals surface area contributed by atoms with E-state index < -0.39 is 0 Å². The van der Waals surface area contributed by atoms with Gasteiger partial charge < -0.3 is 15.0 Å². The Morgan fingerprint density at radius 3 is 2.55 bits per heavy atom. The van der Waals surface area contributed by atoms with E-state index in [1.807, 2.05) is 0 Å². The molecule has 1 aliphatic rings. The summed E-state index contributed by atoms with van der Waals surface area (Å²) >= 11 is 7.10. The van der Waals surface area contributed by atoms with E-state index in [1.54, 1.807) is 7.11 Å². The molecule has 1 aromatic carbocycles. The molecule has 1 aliphatic heterocycles. The fraction of sp³-hybridized carbons (Fsp3) is 0.600. The lowest BCUT2D eigenvalue weighted by Gasteiger charge is -2.35. The molecule has 0 amide bonds. The monoisotopic (exact) mass is 404 g/mol. The Balaban J connectivity index is 1.94. The first-order valence-electron chi connectivity index (χ1n) is 6.96. The number of nitrogens with zero attached hydrogens (tertiary/aromatic N) is 1. The highest BCUT2D eigenvalue weighted by molar-refractivity contribution is 9.11. The van der Waals surface area contributed by atoms with E-state index in [-0.39, 0.29) is 0 Å². The van der Waals surface area contributed by atoms with Gasteiger partial charge in [0.25, 0.3) is 0 Å². The van der Waals surface area contributed by atoms with E-state index >= 15 is 0 Å². The molecular formula is C15H22Br2N2O. The third-order valence-corrected chi connectivity index (χ3v) is 5.24. The summed E-state index contributed by atoms with van der Waals surface area (Å²) in [5, 5.41) is 3.67. The molecule has 0 aromatic heterocycles. The predicted molar refractivity (Wildman–Crippen MR) is 90.3 cm³/mol. The molecule has 0 spiro atoms. The van der Waals surface area contributed by atoms with Gasteiger partial charge in [-0.2, -0.15) is 0 Å². The van der Waals surface area contributed by atoms with Gasteiger partial charge in [0, 0.05) is 18.6 Å². The van der Waals surface area contributed by atoms with Crippen molar-refractivity contribution < 1.29 is 4.74 Å². The molecule has 2 rings (SSSR count). The van der Waals surface area contributed by atoms with E-state index in [1.165, 1.54) is 24.9 Å². The molecule has 3 nitrogen and oxygen atoms in total. The zero-order valence-corrected chi connectivity index (χ0v) is 15.4. The van der Waals surface area contributed by atoms with Crippen LogP contribution in [0, 0.1) is 0 Å². The molecule has 1 aromatic rings. The molecule has 2 unspecified atom stereocenters. The number of hydrogen-bond acceptors (Lipinski definition) is 3. The van der Waals surface area contributed by atoms with Gasteiger partial charge >= 0.3 is 0 Å². The number of nitrogens with one attached hydrogen (secondary N) is 1. The first-order valence-corrected chi connectivity index (χ1v) is 8.55. The largest absolute Gasteiger partial charge is 0.494 e. The standard InChI is InChI=1S/C15H22Br2N2O/c1-10-6-12(4-5-19(10)2)18-9-11-7-13(16)15(20-3)14(17)8-11/h7-8,10,12,18H,4-6,9H2,1-3H3. The topological polar surface area (TPSA) is 24.5 Å². The fourth-order valence-electron chi connectivity index (χ4n) is 2.65. The number of ether oxygens (including phenoxy) is 1. The van der Waals surface area contributed by atoms with E-state index in [9.17, 15) is 0 Å². The van der Waals surface area contributed by atoms with Crippen LogP contribution in [0.3, 0.4) is 0 Å². The van der Waals surface area contributed by atoms with Gasteiger partial charge in [-0.3, -0.25) is 0 Å². The molecule has 112 valence electrons. The lowest BCUT2D eigenvalue weighted by Crippen LogP contribution is -2.45. The Hall–Kier alpha value is -0.100. The summed E-state index contributed by atoms with van der Waals surface area (Å²) in [6.07, 6.45) is 2.44. The lowest BCUT2D eigenvalue weighted by atomic mass is 9.99. The Morgan fingerprint density at radius 1 is 1.35 bits per heavy atom. The Morgan fingerprint density at radius 2 is 2.00 bits per heavy atom. The molecule has 1 saturated heterocycles. The van der Waals surface area contributed by atoms with Crippen molar-refractivity contribution in [2.45, 2.75) is 38.4 Å². The SMILES string of the molecule is COc1c(Br)cc(CNC2CCN(C)C(C)C2)cc1Br. The average molecular weight is 406 g/mol. The van der Waals surface area contributed by atoms with Crippen molar-refractivity contribution in [2.24, 2.45) is 0 Å². The maximum absolute atomic E-state index is 5.33. The summed E-state index contributed by atoms with van der Waals surface area (Å²) < 4.78 is 7.31. The molecule has 2 atom stereocenters. The van der Waals surface area contributed by atoms with Crippen molar-refractivity contribution in [1.82, 2.24) is 10.2 Å². The second kappa shape index (κ2) is 7.25. The zero-order valence-electron chi connectivity index (χ0n) is 12.2. The van der Waals surface area contributed by atoms with E-state index in [2.05, 4.69) is 68.2 Å². The van der Waals surface area contributed by atoms with Crippen LogP contribution in [0.25, 0.3) is 0 Å². The third-order valence-electron chi connectivity index (χ3n) is 4.07. The van der Waals surface area contributed by atoms with Crippen LogP contribution in [-0.4, -0.2) is 37.7 Å². The molecule has 0 saturated carbocycles. The summed E-state index contributed by atoms with van der Waals surface area (Å²) in [6.45, 7) is 4.37. The van der Waals surface area contributed by atoms with Gasteiger partial charge in [0.1, 0.15) is 5.75 Å². The van der Waals surface area contributed by atoms with Crippen LogP contribution in [0.5, 0.6) is 5.75 Å². The van der Waals surface area contributed by atoms with E-state index in [0.29, 0.717) is 12.1 Å². The Labute approximate surface area is 138 Å². The molecule has 5 heteroatoms. The molecule has 0 bridgehead atoms. The van der Waals surface area contributed by atoms with Crippen molar-refractivity contribution >= 4 is 31.9 Å². The molecule has 1 heterocycles. The predicted octanol–water partition coefficient (Wildman–Crippen LogP) is 3.79. The van der Waals surface area contributed by atoms with E-state index in [4.69, 9.17) is 4.74 Å². The highest BCUT2D eigenvalue weighted by atomic mass is 79.9. The van der Waals surface area contributed by atoms with Gasteiger partial charge in [-0.1, -0.05) is 0 Å². The summed E-state index contributed by atoms with van der Waals surface area (Å²) in [5.74, 6) is 0.849. The Bertz CT molecular complexity index is 444. The molecule has 0 radical (unpaired) electrons. The molecule has 1 N–H and O–H groups in total. The van der Waals surface area contributed by atoms with Crippen LogP contribution in [0.4, 0.5) is 0 Å². The first-order chi connectivity index (χ1) is 9.51. The van der Waals surface area contributed by atoms with Gasteiger partial charge in [-0.05, 0) is 82.9 Å². The van der Waals surface area contributed by atoms with Crippen LogP contribution < -0.4 is 10.1 Å². The normalized spacial score (nSPS) is 23.9. The summed E-state index contributed by atoms with van der Waals surface area (Å²) in [7, 11) is 3.89. The number of methoxy groups -OCH3 is 1. The third kappa shape index (κ3) is 3.97. The zero-order chi connectivity index (χ0) is 14.7. The van der Waals surface area contributed by atoms with Gasteiger partial charge in [0.15, 0.2) is 0 Å². The summed E-state index contributed by atoms with van der Waals surface area (Å²) in [5.41, 5.74) is 1.26. The van der Waals surface area contributed by atoms with Gasteiger partial charge in [-0.15, -0.1) is 0 Å². The molecule has 0 aliphatic carbocycles. The van der Waals surface area contributed by atoms with Crippen LogP contribution in [0.15, 0.2) is 21.1 Å². The van der Waals surface area contributed by atoms with Crippen LogP contribution in [-0.2, 0) is 6.54 Å². The van der Waals surface area contributed by atoms with Crippen molar-refractivity contribution in [3.8, 4) is 5.75 Å². The van der Waals surface area contributed by atoms with Gasteiger partial charge in [0.2, 0.25) is 0 Å². The number of benzene rings is 1. The number of likely N-dealkylation sites (tertiary alicyclic amines) is 1. The minimum absolute atomic E-state index is 0.612. The summed E-state index contributed by atoms with van der Waals surface area (Å²) in [4.78, 5) is 2.43. The minimum atomic E-state index is 0.612. The van der Waals surface area contributed by atoms with Crippen molar-refractivity contribution in [3.05, 3.63) is 26.6 Å². The van der Waals surface area contributed by atoms with Crippen molar-refractivity contribution in [1.29, 1.82) is 0 Å². The van der Waals surface area contributed by atoms with Crippen LogP contribution >= 0.6 is 31.9 Å². The van der Waals surface area contributed by atoms with Gasteiger partial charge in [-0.25, -0.2) is 0 Å². The highest BCUT2D eigenvalue weighted by Gasteiger charge is 2.22. The highest BCUT2D eigenvalue weighted by Crippen LogP contribution is 2.34. The van der Waals surface area contributed by atoms with Crippen molar-refractivity contribution in [3.63, 3.8) is 0 Å². The number of rotatable bonds is 4. The maximum Gasteiger partial charge on any atom is 0.147 e. The first kappa shape index (κ1) is 16.3. The fourth-order valence-corrected chi connectivity index (χ4v) is 4.25. The Kier molecular flexibility index (Phi) is 5.90. The van der Waals surface area contributed by atoms with Gasteiger partial charge in [0.05, 0.1) is 16.1 Å². The number of piperidine rings is 1. The molecule has 1 fully saturated rings. The van der Waals surface area contributed by atoms with Crippen molar-refractivity contribution in [2.75, 3.05) is 20.7 Å². The maximum atomic E-state index is 5.33. The van der Waals surface area contributed by atoms with Crippen LogP contribution in [0.2, 0.25) is 0 Å².